The third-order valence-corrected chi connectivity index (χ3v) is 4.12. The van der Waals surface area contributed by atoms with Crippen LogP contribution in [0.25, 0.3) is 5.69 Å². The Morgan fingerprint density at radius 2 is 1.93 bits per heavy atom. The first-order valence-electron chi connectivity index (χ1n) is 8.08. The number of rotatable bonds is 4. The molecule has 0 saturated carbocycles. The number of benzene rings is 2. The van der Waals surface area contributed by atoms with E-state index in [2.05, 4.69) is 9.98 Å². The summed E-state index contributed by atoms with van der Waals surface area (Å²) in [4.78, 5) is 31.0. The highest BCUT2D eigenvalue weighted by Gasteiger charge is 2.19. The van der Waals surface area contributed by atoms with Gasteiger partial charge in [0.2, 0.25) is 5.88 Å². The van der Waals surface area contributed by atoms with Crippen LogP contribution in [-0.2, 0) is 0 Å². The second-order valence-corrected chi connectivity index (χ2v) is 6.10. The number of aromatic nitrogens is 2. The maximum Gasteiger partial charge on any atom is 0.335 e. The van der Waals surface area contributed by atoms with E-state index in [-0.39, 0.29) is 23.4 Å². The number of H-pyrrole nitrogens is 1. The first kappa shape index (κ1) is 18.6. The van der Waals surface area contributed by atoms with Gasteiger partial charge in [0.05, 0.1) is 17.1 Å². The number of halogens is 2. The van der Waals surface area contributed by atoms with Gasteiger partial charge in [0.25, 0.3) is 5.56 Å². The number of aliphatic imine (C=N–C) groups is 1. The van der Waals surface area contributed by atoms with Gasteiger partial charge in [0, 0.05) is 5.02 Å². The summed E-state index contributed by atoms with van der Waals surface area (Å²) in [5, 5.41) is 11.1. The second kappa shape index (κ2) is 7.59. The van der Waals surface area contributed by atoms with Crippen molar-refractivity contribution in [2.75, 3.05) is 0 Å². The van der Waals surface area contributed by atoms with Crippen molar-refractivity contribution in [2.45, 2.75) is 13.3 Å². The fraction of sp³-hybridized carbons (Fsp3) is 0.105. The van der Waals surface area contributed by atoms with Gasteiger partial charge in [-0.15, -0.1) is 0 Å². The lowest BCUT2D eigenvalue weighted by Crippen LogP contribution is -2.33. The molecule has 1 aromatic heterocycles. The van der Waals surface area contributed by atoms with Crippen LogP contribution in [0.1, 0.15) is 18.9 Å². The topological polar surface area (TPSA) is 87.4 Å². The zero-order chi connectivity index (χ0) is 19.6. The van der Waals surface area contributed by atoms with Gasteiger partial charge < -0.3 is 5.11 Å². The van der Waals surface area contributed by atoms with Crippen LogP contribution in [-0.4, -0.2) is 20.4 Å². The molecule has 0 unspecified atom stereocenters. The van der Waals surface area contributed by atoms with Gasteiger partial charge in [-0.05, 0) is 48.9 Å². The molecule has 0 aliphatic heterocycles. The lowest BCUT2D eigenvalue weighted by atomic mass is 10.1. The molecule has 0 radical (unpaired) electrons. The average molecular weight is 388 g/mol. The van der Waals surface area contributed by atoms with Crippen LogP contribution in [0.3, 0.4) is 0 Å². The van der Waals surface area contributed by atoms with Crippen molar-refractivity contribution in [3.05, 3.63) is 85.8 Å². The molecule has 3 aromatic rings. The molecule has 27 heavy (non-hydrogen) atoms. The molecule has 2 aromatic carbocycles. The van der Waals surface area contributed by atoms with Gasteiger partial charge in [0.1, 0.15) is 11.4 Å². The van der Waals surface area contributed by atoms with Crippen molar-refractivity contribution in [3.63, 3.8) is 0 Å². The molecule has 0 saturated heterocycles. The van der Waals surface area contributed by atoms with Gasteiger partial charge in [-0.2, -0.15) is 0 Å². The number of hydrogen-bond donors (Lipinski definition) is 2. The Bertz CT molecular complexity index is 1130. The monoisotopic (exact) mass is 387 g/mol. The summed E-state index contributed by atoms with van der Waals surface area (Å²) in [6.07, 6.45) is 0.270. The summed E-state index contributed by atoms with van der Waals surface area (Å²) in [5.74, 6) is -1.03. The predicted octanol–water partition coefficient (Wildman–Crippen LogP) is 3.55. The van der Waals surface area contributed by atoms with Crippen molar-refractivity contribution in [1.29, 1.82) is 0 Å². The Hall–Kier alpha value is -3.19. The largest absolute Gasteiger partial charge is 0.493 e. The number of nitrogens with one attached hydrogen (secondary N) is 1. The molecule has 138 valence electrons. The van der Waals surface area contributed by atoms with Crippen LogP contribution in [0.15, 0.2) is 63.1 Å². The third kappa shape index (κ3) is 3.83. The van der Waals surface area contributed by atoms with E-state index in [1.165, 1.54) is 30.3 Å². The SMILES string of the molecule is CCC(=Nc1cccc(F)c1)c1c(O)n(-c2ccc(Cl)cc2)c(=O)[nH]c1=O. The zero-order valence-electron chi connectivity index (χ0n) is 14.2. The van der Waals surface area contributed by atoms with Crippen molar-refractivity contribution >= 4 is 23.0 Å². The van der Waals surface area contributed by atoms with Crippen molar-refractivity contribution in [3.8, 4) is 11.6 Å². The fourth-order valence-electron chi connectivity index (χ4n) is 2.63. The van der Waals surface area contributed by atoms with E-state index in [9.17, 15) is 19.1 Å². The molecule has 0 spiro atoms. The molecule has 2 N–H and O–H groups in total. The van der Waals surface area contributed by atoms with E-state index in [0.29, 0.717) is 10.7 Å². The zero-order valence-corrected chi connectivity index (χ0v) is 15.0. The number of nitrogens with zero attached hydrogens (tertiary/aromatic N) is 2. The highest BCUT2D eigenvalue weighted by Crippen LogP contribution is 2.22. The third-order valence-electron chi connectivity index (χ3n) is 3.87. The molecule has 6 nitrogen and oxygen atoms in total. The summed E-state index contributed by atoms with van der Waals surface area (Å²) in [7, 11) is 0. The Morgan fingerprint density at radius 1 is 1.22 bits per heavy atom. The fourth-order valence-corrected chi connectivity index (χ4v) is 2.75. The normalized spacial score (nSPS) is 11.6. The van der Waals surface area contributed by atoms with Crippen LogP contribution in [0.5, 0.6) is 5.88 Å². The van der Waals surface area contributed by atoms with E-state index in [4.69, 9.17) is 11.6 Å². The number of aromatic amines is 1. The maximum absolute atomic E-state index is 13.4. The Balaban J connectivity index is 2.23. The number of aromatic hydroxyl groups is 1. The Morgan fingerprint density at radius 3 is 2.56 bits per heavy atom. The van der Waals surface area contributed by atoms with E-state index >= 15 is 0 Å². The van der Waals surface area contributed by atoms with Crippen LogP contribution in [0.2, 0.25) is 5.02 Å². The molecule has 0 bridgehead atoms. The van der Waals surface area contributed by atoms with Crippen LogP contribution >= 0.6 is 11.6 Å². The molecule has 0 fully saturated rings. The second-order valence-electron chi connectivity index (χ2n) is 5.66. The predicted molar refractivity (Wildman–Crippen MR) is 102 cm³/mol. The van der Waals surface area contributed by atoms with Gasteiger partial charge >= 0.3 is 5.69 Å². The molecule has 0 aliphatic rings. The molecular formula is C19H15ClFN3O3. The lowest BCUT2D eigenvalue weighted by molar-refractivity contribution is 0.429. The standard InChI is InChI=1S/C19H15ClFN3O3/c1-2-15(22-13-5-3-4-12(21)10-13)16-17(25)23-19(27)24(18(16)26)14-8-6-11(20)7-9-14/h3-10,26H,2H2,1H3,(H,23,25,27). The molecule has 3 rings (SSSR count). The summed E-state index contributed by atoms with van der Waals surface area (Å²) in [5.41, 5.74) is -0.918. The molecule has 0 amide bonds. The van der Waals surface area contributed by atoms with Crippen molar-refractivity contribution in [1.82, 2.24) is 9.55 Å². The minimum Gasteiger partial charge on any atom is -0.493 e. The van der Waals surface area contributed by atoms with E-state index < -0.39 is 22.9 Å². The summed E-state index contributed by atoms with van der Waals surface area (Å²) >= 11 is 5.85. The lowest BCUT2D eigenvalue weighted by Gasteiger charge is -2.12. The average Bonchev–Trinajstić information content (AvgIpc) is 2.62. The van der Waals surface area contributed by atoms with Gasteiger partial charge in [-0.25, -0.2) is 13.8 Å². The molecule has 0 aliphatic carbocycles. The first-order valence-corrected chi connectivity index (χ1v) is 8.46. The van der Waals surface area contributed by atoms with Crippen molar-refractivity contribution < 1.29 is 9.50 Å². The summed E-state index contributed by atoms with van der Waals surface area (Å²) in [6, 6.07) is 11.7. The van der Waals surface area contributed by atoms with Gasteiger partial charge in [0.15, 0.2) is 0 Å². The maximum atomic E-state index is 13.4. The van der Waals surface area contributed by atoms with E-state index in [1.54, 1.807) is 25.1 Å². The molecule has 1 heterocycles. The molecule has 0 atom stereocenters. The summed E-state index contributed by atoms with van der Waals surface area (Å²) in [6.45, 7) is 1.73. The molecule has 8 heteroatoms. The van der Waals surface area contributed by atoms with Crippen LogP contribution in [0.4, 0.5) is 10.1 Å². The van der Waals surface area contributed by atoms with Gasteiger partial charge in [-0.1, -0.05) is 24.6 Å². The minimum absolute atomic E-state index is 0.156. The highest BCUT2D eigenvalue weighted by atomic mass is 35.5. The Kier molecular flexibility index (Phi) is 5.23. The minimum atomic E-state index is -0.801. The van der Waals surface area contributed by atoms with Gasteiger partial charge in [-0.3, -0.25) is 14.8 Å². The van der Waals surface area contributed by atoms with E-state index in [1.807, 2.05) is 0 Å². The Labute approximate surface area is 158 Å². The van der Waals surface area contributed by atoms with Crippen LogP contribution in [0, 0.1) is 5.82 Å². The quantitative estimate of drug-likeness (QED) is 0.671. The smallest absolute Gasteiger partial charge is 0.335 e. The van der Waals surface area contributed by atoms with Crippen molar-refractivity contribution in [2.24, 2.45) is 4.99 Å². The highest BCUT2D eigenvalue weighted by molar-refractivity contribution is 6.30. The van der Waals surface area contributed by atoms with Crippen LogP contribution < -0.4 is 11.2 Å². The van der Waals surface area contributed by atoms with E-state index in [0.717, 1.165) is 4.57 Å². The number of hydrogen-bond acceptors (Lipinski definition) is 4. The first-order chi connectivity index (χ1) is 12.9. The molecular weight excluding hydrogens is 373 g/mol. The summed E-state index contributed by atoms with van der Waals surface area (Å²) < 4.78 is 14.4.